The molecule has 0 aromatic rings. The van der Waals surface area contributed by atoms with E-state index in [1.807, 2.05) is 0 Å². The van der Waals surface area contributed by atoms with Crippen molar-refractivity contribution < 1.29 is 15.0 Å². The molecular weight excluding hydrogens is 84.0 g/mol. The van der Waals surface area contributed by atoms with Crippen molar-refractivity contribution in [2.45, 2.75) is 0 Å². The van der Waals surface area contributed by atoms with Gasteiger partial charge in [-0.3, -0.25) is 0 Å². The van der Waals surface area contributed by atoms with Crippen LogP contribution < -0.4 is 10.2 Å². The third kappa shape index (κ3) is 12.4. The largest absolute Gasteiger partial charge is 0.652 e. The summed E-state index contributed by atoms with van der Waals surface area (Å²) in [5.41, 5.74) is 0. The summed E-state index contributed by atoms with van der Waals surface area (Å²) in [7, 11) is 0. The second kappa shape index (κ2) is 8.99. The molecule has 0 rings (SSSR count). The molecular formula is C3H4O3-2. The van der Waals surface area contributed by atoms with E-state index in [1.54, 1.807) is 0 Å². The number of hydrogen-bond acceptors (Lipinski definition) is 3. The van der Waals surface area contributed by atoms with Crippen LogP contribution in [0.3, 0.4) is 0 Å². The molecule has 0 heterocycles. The van der Waals surface area contributed by atoms with Crippen molar-refractivity contribution in [3.8, 4) is 0 Å². The summed E-state index contributed by atoms with van der Waals surface area (Å²) < 4.78 is 0. The topological polar surface area (TPSA) is 63.2 Å². The Morgan fingerprint density at radius 2 is 1.33 bits per heavy atom. The van der Waals surface area contributed by atoms with Gasteiger partial charge >= 0.3 is 0 Å². The second-order valence-corrected chi connectivity index (χ2v) is 0.250. The number of carboxylic acid groups (broad SMARTS) is 2. The Morgan fingerprint density at radius 3 is 1.33 bits per heavy atom. The highest BCUT2D eigenvalue weighted by atomic mass is 16.6. The van der Waals surface area contributed by atoms with Crippen LogP contribution in [0.1, 0.15) is 0 Å². The van der Waals surface area contributed by atoms with Gasteiger partial charge in [0.15, 0.2) is 0 Å². The van der Waals surface area contributed by atoms with E-state index in [0.29, 0.717) is 0 Å². The number of carbonyl (C=O) groups excluding carboxylic acids is 1. The lowest BCUT2D eigenvalue weighted by Crippen LogP contribution is -2.37. The van der Waals surface area contributed by atoms with Gasteiger partial charge in [0.05, 0.1) is 0 Å². The number of hydrogen-bond donors (Lipinski definition) is 0. The monoisotopic (exact) mass is 88.0 g/mol. The standard InChI is InChI=1S/C2H4.CH2O3/c1-2;2-1(3)4/h1-2H2;(H2,2,3,4)/p-2. The molecule has 3 heteroatoms. The van der Waals surface area contributed by atoms with Crippen LogP contribution in [-0.4, -0.2) is 6.16 Å². The summed E-state index contributed by atoms with van der Waals surface area (Å²) in [6, 6.07) is 0. The molecule has 0 bridgehead atoms. The molecule has 3 nitrogen and oxygen atoms in total. The Labute approximate surface area is 35.5 Å². The maximum Gasteiger partial charge on any atom is -0.0431 e. The molecule has 0 aromatic heterocycles. The van der Waals surface area contributed by atoms with Crippen molar-refractivity contribution in [1.29, 1.82) is 0 Å². The molecule has 0 fully saturated rings. The molecule has 0 saturated carbocycles. The molecule has 0 N–H and O–H groups in total. The van der Waals surface area contributed by atoms with Gasteiger partial charge in [-0.05, 0) is 6.16 Å². The first-order valence-electron chi connectivity index (χ1n) is 1.11. The van der Waals surface area contributed by atoms with E-state index in [4.69, 9.17) is 15.0 Å². The Hall–Kier alpha value is -0.990. The fourth-order valence-corrected chi connectivity index (χ4v) is 0. The minimum Gasteiger partial charge on any atom is -0.652 e. The van der Waals surface area contributed by atoms with E-state index < -0.39 is 6.16 Å². The van der Waals surface area contributed by atoms with E-state index >= 15 is 0 Å². The fraction of sp³-hybridized carbons (Fsp3) is 0. The van der Waals surface area contributed by atoms with Crippen LogP contribution in [0.25, 0.3) is 0 Å². The van der Waals surface area contributed by atoms with Crippen molar-refractivity contribution in [3.63, 3.8) is 0 Å². The van der Waals surface area contributed by atoms with Crippen molar-refractivity contribution in [1.82, 2.24) is 0 Å². The molecule has 0 radical (unpaired) electrons. The van der Waals surface area contributed by atoms with E-state index in [9.17, 15) is 0 Å². The summed E-state index contributed by atoms with van der Waals surface area (Å²) in [4.78, 5) is 8.33. The zero-order valence-electron chi connectivity index (χ0n) is 3.14. The normalized spacial score (nSPS) is 4.67. The Balaban J connectivity index is 0. The van der Waals surface area contributed by atoms with Crippen molar-refractivity contribution >= 4 is 6.16 Å². The van der Waals surface area contributed by atoms with Crippen LogP contribution >= 0.6 is 0 Å². The van der Waals surface area contributed by atoms with Crippen LogP contribution in [0.5, 0.6) is 0 Å². The third-order valence-corrected chi connectivity index (χ3v) is 0. The van der Waals surface area contributed by atoms with Crippen LogP contribution in [0.4, 0.5) is 4.79 Å². The van der Waals surface area contributed by atoms with Crippen LogP contribution in [0, 0.1) is 0 Å². The molecule has 0 aromatic carbocycles. The first kappa shape index (κ1) is 8.89. The average molecular weight is 88.1 g/mol. The minimum absolute atomic E-state index is 2.33. The highest BCUT2D eigenvalue weighted by Gasteiger charge is 1.26. The van der Waals surface area contributed by atoms with Gasteiger partial charge in [0, 0.05) is 0 Å². The summed E-state index contributed by atoms with van der Waals surface area (Å²) in [5.74, 6) is 0. The highest BCUT2D eigenvalue weighted by Crippen LogP contribution is 1.21. The van der Waals surface area contributed by atoms with Gasteiger partial charge in [-0.25, -0.2) is 0 Å². The Bertz CT molecular complexity index is 37.3. The molecule has 0 spiro atoms. The van der Waals surface area contributed by atoms with Gasteiger partial charge in [-0.2, -0.15) is 0 Å². The maximum atomic E-state index is 8.33. The lowest BCUT2D eigenvalue weighted by Gasteiger charge is -1.96. The molecule has 0 amide bonds. The first-order chi connectivity index (χ1) is 2.73. The summed E-state index contributed by atoms with van der Waals surface area (Å²) >= 11 is 0. The SMILES string of the molecule is C=C.O=C([O-])[O-]. The fourth-order valence-electron chi connectivity index (χ4n) is 0. The third-order valence-electron chi connectivity index (χ3n) is 0. The lowest BCUT2D eigenvalue weighted by molar-refractivity contribution is -0.415. The minimum atomic E-state index is -2.33. The zero-order chi connectivity index (χ0) is 5.58. The smallest absolute Gasteiger partial charge is 0.0431 e. The van der Waals surface area contributed by atoms with E-state index in [1.165, 1.54) is 0 Å². The van der Waals surface area contributed by atoms with E-state index in [2.05, 4.69) is 13.2 Å². The number of carbonyl (C=O) groups is 1. The molecule has 0 aliphatic heterocycles. The molecule has 0 saturated heterocycles. The molecule has 0 unspecified atom stereocenters. The predicted octanol–water partition coefficient (Wildman–Crippen LogP) is -1.64. The zero-order valence-corrected chi connectivity index (χ0v) is 3.14. The van der Waals surface area contributed by atoms with Crippen LogP contribution in [-0.2, 0) is 0 Å². The highest BCUT2D eigenvalue weighted by molar-refractivity contribution is 5.47. The van der Waals surface area contributed by atoms with Crippen molar-refractivity contribution in [2.24, 2.45) is 0 Å². The van der Waals surface area contributed by atoms with Crippen LogP contribution in [0.15, 0.2) is 13.2 Å². The Morgan fingerprint density at radius 1 is 1.33 bits per heavy atom. The first-order valence-corrected chi connectivity index (χ1v) is 1.11. The summed E-state index contributed by atoms with van der Waals surface area (Å²) in [5, 5.41) is 16.7. The molecule has 0 atom stereocenters. The van der Waals surface area contributed by atoms with Crippen molar-refractivity contribution in [2.75, 3.05) is 0 Å². The molecule has 0 aliphatic rings. The molecule has 36 valence electrons. The molecule has 6 heavy (non-hydrogen) atoms. The van der Waals surface area contributed by atoms with Gasteiger partial charge in [0.1, 0.15) is 0 Å². The maximum absolute atomic E-state index is 8.33. The lowest BCUT2D eigenvalue weighted by atomic mass is 11.3. The Kier molecular flexibility index (Phi) is 13.3. The second-order valence-electron chi connectivity index (χ2n) is 0.250. The summed E-state index contributed by atoms with van der Waals surface area (Å²) in [6.45, 7) is 6.00. The van der Waals surface area contributed by atoms with E-state index in [0.717, 1.165) is 0 Å². The predicted molar refractivity (Wildman–Crippen MR) is 16.7 cm³/mol. The average Bonchev–Trinajstić information content (AvgIpc) is 1.41. The quantitative estimate of drug-likeness (QED) is 0.333. The van der Waals surface area contributed by atoms with Crippen molar-refractivity contribution in [3.05, 3.63) is 13.2 Å². The molecule has 0 aliphatic carbocycles. The number of rotatable bonds is 0. The summed E-state index contributed by atoms with van der Waals surface area (Å²) in [6.07, 6.45) is -2.33. The van der Waals surface area contributed by atoms with Gasteiger partial charge in [-0.1, -0.05) is 0 Å². The van der Waals surface area contributed by atoms with Gasteiger partial charge < -0.3 is 15.0 Å². The van der Waals surface area contributed by atoms with E-state index in [-0.39, 0.29) is 0 Å². The van der Waals surface area contributed by atoms with Gasteiger partial charge in [0.2, 0.25) is 0 Å². The van der Waals surface area contributed by atoms with Crippen LogP contribution in [0.2, 0.25) is 0 Å². The van der Waals surface area contributed by atoms with Gasteiger partial charge in [-0.15, -0.1) is 13.2 Å². The van der Waals surface area contributed by atoms with Gasteiger partial charge in [0.25, 0.3) is 0 Å².